The largest absolute Gasteiger partial charge is 0.481 e. The standard InChI is InChI=1S/C28H37FN2O3/c1-17(2)15-31(16-18(3)4)23-12-11-20(25-26(27(33)34)28(25,5)6)13-22(23)30-24(32)14-19-9-7-8-10-21(19)29/h7-13,17-18,25-26H,14-16H2,1-6H3,(H,30,32)(H,33,34)/t25-,26-/m0/s1. The Hall–Kier alpha value is -2.89. The van der Waals surface area contributed by atoms with Crippen molar-refractivity contribution in [3.8, 4) is 0 Å². The van der Waals surface area contributed by atoms with Crippen LogP contribution < -0.4 is 10.2 Å². The lowest BCUT2D eigenvalue weighted by Crippen LogP contribution is -2.32. The van der Waals surface area contributed by atoms with Gasteiger partial charge < -0.3 is 15.3 Å². The van der Waals surface area contributed by atoms with Gasteiger partial charge in [0.05, 0.1) is 23.7 Å². The molecule has 1 fully saturated rings. The molecular weight excluding hydrogens is 431 g/mol. The second kappa shape index (κ2) is 10.2. The van der Waals surface area contributed by atoms with Gasteiger partial charge in [0, 0.05) is 19.0 Å². The SMILES string of the molecule is CC(C)CN(CC(C)C)c1ccc([C@H]2[C@@H](C(=O)O)C2(C)C)cc1NC(=O)Cc1ccccc1F. The van der Waals surface area contributed by atoms with E-state index in [1.165, 1.54) is 6.07 Å². The number of aliphatic carboxylic acids is 1. The summed E-state index contributed by atoms with van der Waals surface area (Å²) in [6.45, 7) is 14.2. The number of hydrogen-bond donors (Lipinski definition) is 2. The van der Waals surface area contributed by atoms with Gasteiger partial charge in [-0.05, 0) is 46.6 Å². The first kappa shape index (κ1) is 25.7. The zero-order valence-corrected chi connectivity index (χ0v) is 21.1. The summed E-state index contributed by atoms with van der Waals surface area (Å²) in [7, 11) is 0. The van der Waals surface area contributed by atoms with Crippen LogP contribution in [0.2, 0.25) is 0 Å². The molecule has 0 aromatic heterocycles. The van der Waals surface area contributed by atoms with Gasteiger partial charge in [0.25, 0.3) is 0 Å². The highest BCUT2D eigenvalue weighted by Crippen LogP contribution is 2.64. The van der Waals surface area contributed by atoms with Crippen molar-refractivity contribution in [2.75, 3.05) is 23.3 Å². The van der Waals surface area contributed by atoms with Crippen LogP contribution in [0.15, 0.2) is 42.5 Å². The summed E-state index contributed by atoms with van der Waals surface area (Å²) in [6.07, 6.45) is -0.0720. The minimum absolute atomic E-state index is 0.0720. The van der Waals surface area contributed by atoms with Crippen molar-refractivity contribution in [3.63, 3.8) is 0 Å². The Labute approximate surface area is 202 Å². The van der Waals surface area contributed by atoms with E-state index in [4.69, 9.17) is 0 Å². The van der Waals surface area contributed by atoms with Gasteiger partial charge in [-0.25, -0.2) is 4.39 Å². The second-order valence-electron chi connectivity index (χ2n) is 10.9. The first-order valence-electron chi connectivity index (χ1n) is 12.1. The first-order valence-corrected chi connectivity index (χ1v) is 12.1. The van der Waals surface area contributed by atoms with Gasteiger partial charge in [-0.1, -0.05) is 65.8 Å². The molecule has 34 heavy (non-hydrogen) atoms. The van der Waals surface area contributed by atoms with E-state index in [0.29, 0.717) is 23.1 Å². The monoisotopic (exact) mass is 468 g/mol. The van der Waals surface area contributed by atoms with Crippen LogP contribution >= 0.6 is 0 Å². The zero-order chi connectivity index (χ0) is 25.2. The van der Waals surface area contributed by atoms with Crippen molar-refractivity contribution in [1.29, 1.82) is 0 Å². The molecule has 6 heteroatoms. The average Bonchev–Trinajstić information content (AvgIpc) is 3.31. The van der Waals surface area contributed by atoms with Crippen LogP contribution in [0.3, 0.4) is 0 Å². The maximum absolute atomic E-state index is 14.1. The van der Waals surface area contributed by atoms with E-state index in [9.17, 15) is 19.1 Å². The smallest absolute Gasteiger partial charge is 0.307 e. The highest BCUT2D eigenvalue weighted by Gasteiger charge is 2.62. The van der Waals surface area contributed by atoms with E-state index >= 15 is 0 Å². The quantitative estimate of drug-likeness (QED) is 0.452. The van der Waals surface area contributed by atoms with Crippen LogP contribution in [0, 0.1) is 29.0 Å². The Balaban J connectivity index is 1.97. The summed E-state index contributed by atoms with van der Waals surface area (Å²) in [5, 5.41) is 12.7. The number of hydrogen-bond acceptors (Lipinski definition) is 3. The normalized spacial score (nSPS) is 18.7. The van der Waals surface area contributed by atoms with Crippen LogP contribution in [0.1, 0.15) is 58.6 Å². The summed E-state index contributed by atoms with van der Waals surface area (Å²) in [4.78, 5) is 27.0. The number of anilines is 2. The number of carboxylic acids is 1. The molecule has 5 nitrogen and oxygen atoms in total. The summed E-state index contributed by atoms with van der Waals surface area (Å²) >= 11 is 0. The van der Waals surface area contributed by atoms with Crippen LogP contribution in [0.4, 0.5) is 15.8 Å². The highest BCUT2D eigenvalue weighted by molar-refractivity contribution is 5.96. The number of rotatable bonds is 10. The fourth-order valence-electron chi connectivity index (χ4n) is 5.01. The predicted molar refractivity (Wildman–Crippen MR) is 135 cm³/mol. The Morgan fingerprint density at radius 1 is 1.06 bits per heavy atom. The predicted octanol–water partition coefficient (Wildman–Crippen LogP) is 5.95. The molecule has 2 aromatic rings. The lowest BCUT2D eigenvalue weighted by Gasteiger charge is -2.31. The van der Waals surface area contributed by atoms with Crippen molar-refractivity contribution < 1.29 is 19.1 Å². The number of carbonyl (C=O) groups excluding carboxylic acids is 1. The average molecular weight is 469 g/mol. The van der Waals surface area contributed by atoms with Crippen molar-refractivity contribution in [3.05, 3.63) is 59.4 Å². The zero-order valence-electron chi connectivity index (χ0n) is 21.1. The lowest BCUT2D eigenvalue weighted by molar-refractivity contribution is -0.139. The lowest BCUT2D eigenvalue weighted by atomic mass is 10.0. The molecule has 1 aliphatic carbocycles. The van der Waals surface area contributed by atoms with E-state index in [1.54, 1.807) is 18.2 Å². The van der Waals surface area contributed by atoms with Gasteiger partial charge in [-0.15, -0.1) is 0 Å². The number of amides is 1. The van der Waals surface area contributed by atoms with E-state index < -0.39 is 17.7 Å². The third kappa shape index (κ3) is 5.78. The molecule has 2 N–H and O–H groups in total. The molecule has 1 amide bonds. The fraction of sp³-hybridized carbons (Fsp3) is 0.500. The molecule has 0 bridgehead atoms. The van der Waals surface area contributed by atoms with Gasteiger partial charge in [0.1, 0.15) is 5.82 Å². The van der Waals surface area contributed by atoms with Gasteiger partial charge in [-0.3, -0.25) is 9.59 Å². The Morgan fingerprint density at radius 2 is 1.68 bits per heavy atom. The van der Waals surface area contributed by atoms with Crippen molar-refractivity contribution >= 4 is 23.3 Å². The summed E-state index contributed by atoms with van der Waals surface area (Å²) in [6, 6.07) is 12.2. The molecule has 0 radical (unpaired) electrons. The minimum Gasteiger partial charge on any atom is -0.481 e. The topological polar surface area (TPSA) is 69.6 Å². The van der Waals surface area contributed by atoms with Gasteiger partial charge >= 0.3 is 5.97 Å². The molecule has 0 aliphatic heterocycles. The van der Waals surface area contributed by atoms with Crippen molar-refractivity contribution in [2.24, 2.45) is 23.2 Å². The van der Waals surface area contributed by atoms with Gasteiger partial charge in [0.2, 0.25) is 5.91 Å². The summed E-state index contributed by atoms with van der Waals surface area (Å²) in [5.74, 6) is -1.25. The van der Waals surface area contributed by atoms with E-state index in [-0.39, 0.29) is 23.7 Å². The number of halogens is 1. The van der Waals surface area contributed by atoms with E-state index in [1.807, 2.05) is 32.0 Å². The number of nitrogens with zero attached hydrogens (tertiary/aromatic N) is 1. The molecule has 0 unspecified atom stereocenters. The van der Waals surface area contributed by atoms with Crippen molar-refractivity contribution in [1.82, 2.24) is 0 Å². The maximum Gasteiger partial charge on any atom is 0.307 e. The van der Waals surface area contributed by atoms with Gasteiger partial charge in [0.15, 0.2) is 0 Å². The van der Waals surface area contributed by atoms with Crippen LogP contribution in [-0.2, 0) is 16.0 Å². The molecule has 1 saturated carbocycles. The van der Waals surface area contributed by atoms with Crippen LogP contribution in [-0.4, -0.2) is 30.1 Å². The summed E-state index contributed by atoms with van der Waals surface area (Å²) in [5.41, 5.74) is 2.44. The molecule has 3 rings (SSSR count). The van der Waals surface area contributed by atoms with E-state index in [0.717, 1.165) is 24.3 Å². The van der Waals surface area contributed by atoms with E-state index in [2.05, 4.69) is 37.9 Å². The Morgan fingerprint density at radius 3 is 2.21 bits per heavy atom. The Bertz CT molecular complexity index is 1040. The molecular formula is C28H37FN2O3. The maximum atomic E-state index is 14.1. The van der Waals surface area contributed by atoms with Gasteiger partial charge in [-0.2, -0.15) is 0 Å². The summed E-state index contributed by atoms with van der Waals surface area (Å²) < 4.78 is 14.1. The Kier molecular flexibility index (Phi) is 7.69. The first-order chi connectivity index (χ1) is 15.9. The third-order valence-corrected chi connectivity index (χ3v) is 6.57. The van der Waals surface area contributed by atoms with Crippen LogP contribution in [0.5, 0.6) is 0 Å². The van der Waals surface area contributed by atoms with Crippen LogP contribution in [0.25, 0.3) is 0 Å². The molecule has 1 aliphatic rings. The fourth-order valence-corrected chi connectivity index (χ4v) is 5.01. The van der Waals surface area contributed by atoms with Crippen molar-refractivity contribution in [2.45, 2.75) is 53.9 Å². The highest BCUT2D eigenvalue weighted by atomic mass is 19.1. The molecule has 2 aromatic carbocycles. The number of benzene rings is 2. The molecule has 2 atom stereocenters. The molecule has 0 spiro atoms. The molecule has 0 saturated heterocycles. The molecule has 184 valence electrons. The molecule has 0 heterocycles. The number of carbonyl (C=O) groups is 2. The number of carboxylic acid groups (broad SMARTS) is 1. The third-order valence-electron chi connectivity index (χ3n) is 6.57. The minimum atomic E-state index is -0.801. The second-order valence-corrected chi connectivity index (χ2v) is 10.9. The number of nitrogens with one attached hydrogen (secondary N) is 1.